The highest BCUT2D eigenvalue weighted by Gasteiger charge is 2.22. The number of benzene rings is 1. The van der Waals surface area contributed by atoms with Gasteiger partial charge in [0.2, 0.25) is 5.91 Å². The summed E-state index contributed by atoms with van der Waals surface area (Å²) in [7, 11) is 0. The molecule has 1 aromatic rings. The standard InChI is InChI=1S/C15H18N2OS/c16-7-2-5-12-3-1-4-13(9-12)10-17-15(18)14-6-8-19-11-14/h1,3-4,9,14H,6-8,10-11,16H2,(H,17,18). The van der Waals surface area contributed by atoms with Gasteiger partial charge in [0.15, 0.2) is 0 Å². The van der Waals surface area contributed by atoms with Gasteiger partial charge in [-0.05, 0) is 29.9 Å². The average molecular weight is 274 g/mol. The van der Waals surface area contributed by atoms with Crippen molar-refractivity contribution >= 4 is 17.7 Å². The van der Waals surface area contributed by atoms with Gasteiger partial charge in [-0.1, -0.05) is 24.0 Å². The van der Waals surface area contributed by atoms with E-state index in [-0.39, 0.29) is 11.8 Å². The van der Waals surface area contributed by atoms with Crippen molar-refractivity contribution in [1.29, 1.82) is 0 Å². The van der Waals surface area contributed by atoms with Crippen LogP contribution >= 0.6 is 11.8 Å². The summed E-state index contributed by atoms with van der Waals surface area (Å²) >= 11 is 1.85. The lowest BCUT2D eigenvalue weighted by atomic mass is 10.1. The summed E-state index contributed by atoms with van der Waals surface area (Å²) in [5.41, 5.74) is 7.36. The molecule has 0 aliphatic carbocycles. The molecule has 0 aromatic heterocycles. The van der Waals surface area contributed by atoms with Gasteiger partial charge in [-0.25, -0.2) is 0 Å². The second kappa shape index (κ2) is 7.22. The van der Waals surface area contributed by atoms with Crippen LogP contribution in [0.15, 0.2) is 24.3 Å². The van der Waals surface area contributed by atoms with Crippen LogP contribution in [0.25, 0.3) is 0 Å². The summed E-state index contributed by atoms with van der Waals surface area (Å²) < 4.78 is 0. The number of nitrogens with two attached hydrogens (primary N) is 1. The van der Waals surface area contributed by atoms with Crippen LogP contribution in [-0.4, -0.2) is 24.0 Å². The van der Waals surface area contributed by atoms with Crippen LogP contribution < -0.4 is 11.1 Å². The van der Waals surface area contributed by atoms with Crippen molar-refractivity contribution in [1.82, 2.24) is 5.32 Å². The predicted octanol–water partition coefficient (Wildman–Crippen LogP) is 1.37. The Hall–Kier alpha value is -1.44. The largest absolute Gasteiger partial charge is 0.352 e. The van der Waals surface area contributed by atoms with Crippen LogP contribution in [0.5, 0.6) is 0 Å². The molecule has 3 nitrogen and oxygen atoms in total. The number of hydrogen-bond donors (Lipinski definition) is 2. The second-order valence-electron chi connectivity index (χ2n) is 4.48. The molecule has 4 heteroatoms. The molecule has 1 unspecified atom stereocenters. The smallest absolute Gasteiger partial charge is 0.224 e. The Morgan fingerprint density at radius 2 is 2.42 bits per heavy atom. The Morgan fingerprint density at radius 1 is 1.53 bits per heavy atom. The summed E-state index contributed by atoms with van der Waals surface area (Å²) in [5, 5.41) is 3.00. The number of carbonyl (C=O) groups is 1. The van der Waals surface area contributed by atoms with Gasteiger partial charge in [-0.2, -0.15) is 11.8 Å². The molecular formula is C15H18N2OS. The van der Waals surface area contributed by atoms with Gasteiger partial charge < -0.3 is 11.1 Å². The van der Waals surface area contributed by atoms with E-state index in [4.69, 9.17) is 5.73 Å². The summed E-state index contributed by atoms with van der Waals surface area (Å²) in [4.78, 5) is 11.9. The van der Waals surface area contributed by atoms with Gasteiger partial charge >= 0.3 is 0 Å². The highest BCUT2D eigenvalue weighted by Crippen LogP contribution is 2.23. The van der Waals surface area contributed by atoms with Crippen LogP contribution in [-0.2, 0) is 11.3 Å². The molecule has 1 atom stereocenters. The molecule has 1 fully saturated rings. The van der Waals surface area contributed by atoms with Crippen molar-refractivity contribution < 1.29 is 4.79 Å². The van der Waals surface area contributed by atoms with E-state index in [0.717, 1.165) is 29.1 Å². The molecule has 3 N–H and O–H groups in total. The van der Waals surface area contributed by atoms with Crippen LogP contribution in [0.1, 0.15) is 17.5 Å². The molecule has 19 heavy (non-hydrogen) atoms. The summed E-state index contributed by atoms with van der Waals surface area (Å²) in [6.45, 7) is 0.929. The zero-order valence-electron chi connectivity index (χ0n) is 10.8. The van der Waals surface area contributed by atoms with Crippen molar-refractivity contribution in [3.63, 3.8) is 0 Å². The number of nitrogens with one attached hydrogen (secondary N) is 1. The van der Waals surface area contributed by atoms with Crippen LogP contribution in [0.4, 0.5) is 0 Å². The Labute approximate surface area is 118 Å². The third-order valence-corrected chi connectivity index (χ3v) is 4.19. The van der Waals surface area contributed by atoms with Crippen molar-refractivity contribution in [2.24, 2.45) is 11.7 Å². The van der Waals surface area contributed by atoms with Crippen LogP contribution in [0.2, 0.25) is 0 Å². The van der Waals surface area contributed by atoms with Gasteiger partial charge in [0.05, 0.1) is 6.54 Å². The van der Waals surface area contributed by atoms with E-state index in [9.17, 15) is 4.79 Å². The first-order valence-electron chi connectivity index (χ1n) is 6.43. The molecule has 0 radical (unpaired) electrons. The second-order valence-corrected chi connectivity index (χ2v) is 5.63. The molecule has 2 rings (SSSR count). The normalized spacial score (nSPS) is 17.6. The maximum atomic E-state index is 11.9. The Kier molecular flexibility index (Phi) is 5.31. The zero-order valence-corrected chi connectivity index (χ0v) is 11.6. The fourth-order valence-electron chi connectivity index (χ4n) is 1.99. The minimum atomic E-state index is 0.170. The molecule has 1 aromatic carbocycles. The van der Waals surface area contributed by atoms with Gasteiger partial charge in [0.25, 0.3) is 0 Å². The Bertz CT molecular complexity index is 498. The monoisotopic (exact) mass is 274 g/mol. The predicted molar refractivity (Wildman–Crippen MR) is 79.7 cm³/mol. The first-order chi connectivity index (χ1) is 9.29. The van der Waals surface area contributed by atoms with Crippen LogP contribution in [0, 0.1) is 17.8 Å². The fourth-order valence-corrected chi connectivity index (χ4v) is 3.21. The Balaban J connectivity index is 1.90. The third-order valence-electron chi connectivity index (χ3n) is 3.03. The molecule has 1 aliphatic rings. The first kappa shape index (κ1) is 14.0. The lowest BCUT2D eigenvalue weighted by Gasteiger charge is -2.10. The van der Waals surface area contributed by atoms with Crippen molar-refractivity contribution in [3.05, 3.63) is 35.4 Å². The quantitative estimate of drug-likeness (QED) is 0.819. The highest BCUT2D eigenvalue weighted by molar-refractivity contribution is 7.99. The number of hydrogen-bond acceptors (Lipinski definition) is 3. The van der Waals surface area contributed by atoms with Crippen molar-refractivity contribution in [2.45, 2.75) is 13.0 Å². The topological polar surface area (TPSA) is 55.1 Å². The molecule has 100 valence electrons. The maximum Gasteiger partial charge on any atom is 0.224 e. The molecule has 1 aliphatic heterocycles. The van der Waals surface area contributed by atoms with E-state index in [1.165, 1.54) is 0 Å². The molecule has 0 saturated carbocycles. The number of rotatable bonds is 3. The lowest BCUT2D eigenvalue weighted by Crippen LogP contribution is -2.30. The van der Waals surface area contributed by atoms with Gasteiger partial charge in [0, 0.05) is 23.8 Å². The van der Waals surface area contributed by atoms with Gasteiger partial charge in [-0.3, -0.25) is 4.79 Å². The molecule has 0 spiro atoms. The van der Waals surface area contributed by atoms with E-state index < -0.39 is 0 Å². The minimum Gasteiger partial charge on any atom is -0.352 e. The van der Waals surface area contributed by atoms with E-state index in [1.54, 1.807) is 0 Å². The first-order valence-corrected chi connectivity index (χ1v) is 7.58. The SMILES string of the molecule is NCC#Cc1cccc(CNC(=O)C2CCSC2)c1. The molecular weight excluding hydrogens is 256 g/mol. The molecule has 1 heterocycles. The van der Waals surface area contributed by atoms with Gasteiger partial charge in [0.1, 0.15) is 0 Å². The minimum absolute atomic E-state index is 0.170. The molecule has 0 bridgehead atoms. The average Bonchev–Trinajstić information content (AvgIpc) is 2.97. The van der Waals surface area contributed by atoms with Crippen LogP contribution in [0.3, 0.4) is 0 Å². The molecule has 1 saturated heterocycles. The molecule has 1 amide bonds. The van der Waals surface area contributed by atoms with E-state index >= 15 is 0 Å². The number of thioether (sulfide) groups is 1. The zero-order chi connectivity index (χ0) is 13.5. The van der Waals surface area contributed by atoms with E-state index in [2.05, 4.69) is 17.2 Å². The lowest BCUT2D eigenvalue weighted by molar-refractivity contribution is -0.124. The summed E-state index contributed by atoms with van der Waals surface area (Å²) in [6, 6.07) is 7.89. The maximum absolute atomic E-state index is 11.9. The highest BCUT2D eigenvalue weighted by atomic mass is 32.2. The summed E-state index contributed by atoms with van der Waals surface area (Å²) in [5.74, 6) is 8.23. The van der Waals surface area contributed by atoms with E-state index in [1.807, 2.05) is 36.0 Å². The van der Waals surface area contributed by atoms with Gasteiger partial charge in [-0.15, -0.1) is 0 Å². The summed E-state index contributed by atoms with van der Waals surface area (Å²) in [6.07, 6.45) is 0.999. The number of carbonyl (C=O) groups excluding carboxylic acids is 1. The Morgan fingerprint density at radius 3 is 3.16 bits per heavy atom. The van der Waals surface area contributed by atoms with Crippen molar-refractivity contribution in [3.8, 4) is 11.8 Å². The van der Waals surface area contributed by atoms with E-state index in [0.29, 0.717) is 13.1 Å². The third kappa shape index (κ3) is 4.30. The number of amides is 1. The fraction of sp³-hybridized carbons (Fsp3) is 0.400. The van der Waals surface area contributed by atoms with Crippen molar-refractivity contribution in [2.75, 3.05) is 18.1 Å².